The van der Waals surface area contributed by atoms with E-state index >= 15 is 0 Å². The van der Waals surface area contributed by atoms with Crippen LogP contribution in [0.25, 0.3) is 0 Å². The number of amidine groups is 1. The lowest BCUT2D eigenvalue weighted by molar-refractivity contribution is 0.232. The van der Waals surface area contributed by atoms with Crippen LogP contribution in [0.1, 0.15) is 25.8 Å². The maximum Gasteiger partial charge on any atom is 0.125 e. The molecule has 5 nitrogen and oxygen atoms in total. The number of nitrogens with one attached hydrogen (secondary N) is 1. The van der Waals surface area contributed by atoms with E-state index in [1.807, 2.05) is 12.3 Å². The van der Waals surface area contributed by atoms with Crippen molar-refractivity contribution in [2.75, 3.05) is 31.1 Å². The fourth-order valence-corrected chi connectivity index (χ4v) is 2.86. The van der Waals surface area contributed by atoms with Gasteiger partial charge in [-0.2, -0.15) is 0 Å². The summed E-state index contributed by atoms with van der Waals surface area (Å²) in [5.41, 5.74) is 7.43. The Morgan fingerprint density at radius 3 is 2.89 bits per heavy atom. The number of nitrogens with two attached hydrogens (primary N) is 1. The van der Waals surface area contributed by atoms with Gasteiger partial charge in [-0.05, 0) is 25.6 Å². The number of anilines is 1. The zero-order chi connectivity index (χ0) is 13.8. The molecular weight excluding hydrogens is 238 g/mol. The van der Waals surface area contributed by atoms with Crippen LogP contribution in [0.3, 0.4) is 0 Å². The average molecular weight is 261 g/mol. The Bertz CT molecular complexity index is 441. The molecule has 0 aliphatic carbocycles. The molecule has 0 radical (unpaired) electrons. The zero-order valence-electron chi connectivity index (χ0n) is 11.8. The quantitative estimate of drug-likeness (QED) is 0.619. The molecule has 0 aromatic carbocycles. The van der Waals surface area contributed by atoms with Gasteiger partial charge in [0.2, 0.25) is 0 Å². The number of aromatic nitrogens is 1. The van der Waals surface area contributed by atoms with Gasteiger partial charge in [-0.25, -0.2) is 0 Å². The average Bonchev–Trinajstić information content (AvgIpc) is 2.89. The first-order valence-corrected chi connectivity index (χ1v) is 6.94. The maximum absolute atomic E-state index is 7.66. The number of nitrogen functional groups attached to an aromatic ring is 1. The van der Waals surface area contributed by atoms with Crippen molar-refractivity contribution < 1.29 is 0 Å². The van der Waals surface area contributed by atoms with Crippen LogP contribution in [0.5, 0.6) is 0 Å². The standard InChI is InChI=1S/C14H23N5/c1-3-18(4-2)11-6-8-19(10-11)13-9-17-7-5-12(13)14(15)16/h5,7,9,11H,3-4,6,8,10H2,1-2H3,(H3,15,16). The van der Waals surface area contributed by atoms with Gasteiger partial charge in [-0.15, -0.1) is 0 Å². The third kappa shape index (κ3) is 2.87. The van der Waals surface area contributed by atoms with Crippen molar-refractivity contribution in [3.8, 4) is 0 Å². The molecule has 3 N–H and O–H groups in total. The smallest absolute Gasteiger partial charge is 0.125 e. The van der Waals surface area contributed by atoms with Gasteiger partial charge in [0.1, 0.15) is 5.84 Å². The summed E-state index contributed by atoms with van der Waals surface area (Å²) < 4.78 is 0. The van der Waals surface area contributed by atoms with Gasteiger partial charge in [0.25, 0.3) is 0 Å². The predicted octanol–water partition coefficient (Wildman–Crippen LogP) is 1.29. The van der Waals surface area contributed by atoms with Crippen LogP contribution in [0.4, 0.5) is 5.69 Å². The zero-order valence-corrected chi connectivity index (χ0v) is 11.8. The first-order chi connectivity index (χ1) is 9.17. The summed E-state index contributed by atoms with van der Waals surface area (Å²) in [6.45, 7) is 8.58. The lowest BCUT2D eigenvalue weighted by Gasteiger charge is -2.27. The van der Waals surface area contributed by atoms with E-state index in [9.17, 15) is 0 Å². The van der Waals surface area contributed by atoms with Crippen LogP contribution in [0.15, 0.2) is 18.5 Å². The molecule has 1 aromatic rings. The second kappa shape index (κ2) is 6.02. The molecule has 1 unspecified atom stereocenters. The van der Waals surface area contributed by atoms with E-state index in [4.69, 9.17) is 11.1 Å². The summed E-state index contributed by atoms with van der Waals surface area (Å²) in [6.07, 6.45) is 4.67. The highest BCUT2D eigenvalue weighted by Gasteiger charge is 2.27. The van der Waals surface area contributed by atoms with Gasteiger partial charge in [0.15, 0.2) is 0 Å². The van der Waals surface area contributed by atoms with Gasteiger partial charge in [0.05, 0.1) is 11.9 Å². The molecule has 5 heteroatoms. The largest absolute Gasteiger partial charge is 0.384 e. The molecule has 0 bridgehead atoms. The number of likely N-dealkylation sites (N-methyl/N-ethyl adjacent to an activating group) is 1. The highest BCUT2D eigenvalue weighted by molar-refractivity contribution is 6.00. The fraction of sp³-hybridized carbons (Fsp3) is 0.571. The van der Waals surface area contributed by atoms with Crippen molar-refractivity contribution in [2.45, 2.75) is 26.3 Å². The predicted molar refractivity (Wildman–Crippen MR) is 78.8 cm³/mol. The van der Waals surface area contributed by atoms with E-state index in [1.54, 1.807) is 6.20 Å². The molecule has 1 saturated heterocycles. The van der Waals surface area contributed by atoms with Crippen LogP contribution in [0.2, 0.25) is 0 Å². The van der Waals surface area contributed by atoms with Gasteiger partial charge in [-0.1, -0.05) is 13.8 Å². The molecular formula is C14H23N5. The topological polar surface area (TPSA) is 69.2 Å². The minimum atomic E-state index is 0.115. The molecule has 19 heavy (non-hydrogen) atoms. The second-order valence-corrected chi connectivity index (χ2v) is 4.92. The van der Waals surface area contributed by atoms with Crippen LogP contribution in [-0.2, 0) is 0 Å². The van der Waals surface area contributed by atoms with Gasteiger partial charge in [-0.3, -0.25) is 15.3 Å². The molecule has 1 aromatic heterocycles. The monoisotopic (exact) mass is 261 g/mol. The SMILES string of the molecule is CCN(CC)C1CCN(c2cnccc2C(=N)N)C1. The summed E-state index contributed by atoms with van der Waals surface area (Å²) in [4.78, 5) is 8.96. The van der Waals surface area contributed by atoms with E-state index in [-0.39, 0.29) is 5.84 Å². The molecule has 1 atom stereocenters. The van der Waals surface area contributed by atoms with Crippen LogP contribution in [-0.4, -0.2) is 47.9 Å². The Balaban J connectivity index is 2.15. The summed E-state index contributed by atoms with van der Waals surface area (Å²) in [5.74, 6) is 0.115. The molecule has 1 aliphatic rings. The van der Waals surface area contributed by atoms with E-state index in [1.165, 1.54) is 0 Å². The maximum atomic E-state index is 7.66. The Morgan fingerprint density at radius 2 is 2.26 bits per heavy atom. The Hall–Kier alpha value is -1.62. The number of pyridine rings is 1. The summed E-state index contributed by atoms with van der Waals surface area (Å²) in [5, 5.41) is 7.66. The highest BCUT2D eigenvalue weighted by Crippen LogP contribution is 2.25. The Kier molecular flexibility index (Phi) is 4.37. The first-order valence-electron chi connectivity index (χ1n) is 6.94. The first kappa shape index (κ1) is 13.8. The lowest BCUT2D eigenvalue weighted by Crippen LogP contribution is -2.37. The third-order valence-electron chi connectivity index (χ3n) is 3.92. The van der Waals surface area contributed by atoms with Crippen molar-refractivity contribution in [1.29, 1.82) is 5.41 Å². The van der Waals surface area contributed by atoms with Crippen molar-refractivity contribution >= 4 is 11.5 Å². The lowest BCUT2D eigenvalue weighted by atomic mass is 10.2. The Morgan fingerprint density at radius 1 is 1.53 bits per heavy atom. The van der Waals surface area contributed by atoms with E-state index < -0.39 is 0 Å². The Labute approximate surface area is 114 Å². The second-order valence-electron chi connectivity index (χ2n) is 4.92. The minimum Gasteiger partial charge on any atom is -0.384 e. The van der Waals surface area contributed by atoms with Crippen molar-refractivity contribution in [1.82, 2.24) is 9.88 Å². The number of rotatable bonds is 5. The van der Waals surface area contributed by atoms with Gasteiger partial charge >= 0.3 is 0 Å². The molecule has 2 heterocycles. The molecule has 0 saturated carbocycles. The highest BCUT2D eigenvalue weighted by atomic mass is 15.3. The van der Waals surface area contributed by atoms with E-state index in [2.05, 4.69) is 28.6 Å². The number of nitrogens with zero attached hydrogens (tertiary/aromatic N) is 3. The van der Waals surface area contributed by atoms with Gasteiger partial charge in [0, 0.05) is 30.9 Å². The van der Waals surface area contributed by atoms with Gasteiger partial charge < -0.3 is 10.6 Å². The normalized spacial score (nSPS) is 19.1. The molecule has 104 valence electrons. The molecule has 0 amide bonds. The van der Waals surface area contributed by atoms with E-state index in [0.29, 0.717) is 6.04 Å². The van der Waals surface area contributed by atoms with E-state index in [0.717, 1.165) is 43.9 Å². The minimum absolute atomic E-state index is 0.115. The number of hydrogen-bond acceptors (Lipinski definition) is 4. The fourth-order valence-electron chi connectivity index (χ4n) is 2.86. The number of hydrogen-bond donors (Lipinski definition) is 2. The van der Waals surface area contributed by atoms with Crippen LogP contribution >= 0.6 is 0 Å². The summed E-state index contributed by atoms with van der Waals surface area (Å²) in [6, 6.07) is 2.41. The molecule has 2 rings (SSSR count). The third-order valence-corrected chi connectivity index (χ3v) is 3.92. The summed E-state index contributed by atoms with van der Waals surface area (Å²) >= 11 is 0. The van der Waals surface area contributed by atoms with Crippen LogP contribution < -0.4 is 10.6 Å². The molecule has 1 fully saturated rings. The molecule has 1 aliphatic heterocycles. The van der Waals surface area contributed by atoms with Crippen molar-refractivity contribution in [3.05, 3.63) is 24.0 Å². The van der Waals surface area contributed by atoms with Crippen molar-refractivity contribution in [2.24, 2.45) is 5.73 Å². The summed E-state index contributed by atoms with van der Waals surface area (Å²) in [7, 11) is 0. The van der Waals surface area contributed by atoms with Crippen LogP contribution in [0, 0.1) is 5.41 Å². The van der Waals surface area contributed by atoms with Crippen molar-refractivity contribution in [3.63, 3.8) is 0 Å². The molecule has 0 spiro atoms.